The molecule has 3 N–H and O–H groups in total. The van der Waals surface area contributed by atoms with E-state index in [2.05, 4.69) is 25.1 Å². The number of hydrogen-bond donors (Lipinski definition) is 2. The number of aromatic nitrogens is 4. The van der Waals surface area contributed by atoms with Gasteiger partial charge in [-0.1, -0.05) is 17.7 Å². The fourth-order valence-electron chi connectivity index (χ4n) is 5.50. The second-order valence-corrected chi connectivity index (χ2v) is 12.7. The standard InChI is InChI=1S/C27H33N7O4S/c1-17-6-9-22(18(2)14-17)39(37,38)26-24-29-25(36)20-8-7-19(15-21(20)34(24)31-30-26)32-10-5-11-33(13-12-32)27(3,4)16-23(28)35/h6-9,14-15,31H,5,10-13,16H2,1-4H3,(H2,28,35). The number of nitrogens with two attached hydrogens (primary N) is 1. The molecular weight excluding hydrogens is 518 g/mol. The minimum atomic E-state index is -4.03. The first kappa shape index (κ1) is 26.8. The second kappa shape index (κ2) is 9.76. The molecule has 39 heavy (non-hydrogen) atoms. The Morgan fingerprint density at radius 1 is 1.08 bits per heavy atom. The summed E-state index contributed by atoms with van der Waals surface area (Å²) >= 11 is 0. The molecule has 2 aromatic carbocycles. The van der Waals surface area contributed by atoms with Gasteiger partial charge in [-0.05, 0) is 63.9 Å². The number of carbonyl (C=O) groups is 1. The summed E-state index contributed by atoms with van der Waals surface area (Å²) in [6.07, 6.45) is 1.17. The minimum absolute atomic E-state index is 0.0418. The molecule has 3 heterocycles. The first-order valence-corrected chi connectivity index (χ1v) is 14.4. The molecule has 0 unspecified atom stereocenters. The zero-order valence-corrected chi connectivity index (χ0v) is 23.4. The third-order valence-corrected chi connectivity index (χ3v) is 9.33. The van der Waals surface area contributed by atoms with E-state index in [1.54, 1.807) is 31.2 Å². The number of benzene rings is 2. The van der Waals surface area contributed by atoms with Gasteiger partial charge in [-0.15, -0.1) is 5.10 Å². The first-order valence-electron chi connectivity index (χ1n) is 12.9. The molecule has 1 aliphatic rings. The van der Waals surface area contributed by atoms with Crippen LogP contribution in [0.2, 0.25) is 0 Å². The van der Waals surface area contributed by atoms with Crippen molar-refractivity contribution in [1.29, 1.82) is 0 Å². The highest BCUT2D eigenvalue weighted by atomic mass is 32.2. The van der Waals surface area contributed by atoms with Crippen molar-refractivity contribution < 1.29 is 13.2 Å². The van der Waals surface area contributed by atoms with Gasteiger partial charge in [0.1, 0.15) is 0 Å². The number of anilines is 1. The Kier molecular flexibility index (Phi) is 6.71. The number of aryl methyl sites for hydroxylation is 2. The van der Waals surface area contributed by atoms with Gasteiger partial charge >= 0.3 is 0 Å². The molecule has 1 fully saturated rings. The van der Waals surface area contributed by atoms with E-state index < -0.39 is 15.4 Å². The van der Waals surface area contributed by atoms with Crippen molar-refractivity contribution in [2.45, 2.75) is 56.0 Å². The molecule has 1 amide bonds. The third kappa shape index (κ3) is 4.89. The predicted octanol–water partition coefficient (Wildman–Crippen LogP) is 2.19. The molecule has 0 radical (unpaired) electrons. The smallest absolute Gasteiger partial charge is 0.281 e. The number of fused-ring (bicyclic) bond motifs is 3. The van der Waals surface area contributed by atoms with Crippen molar-refractivity contribution in [3.05, 3.63) is 57.9 Å². The van der Waals surface area contributed by atoms with Crippen LogP contribution in [0.4, 0.5) is 5.69 Å². The van der Waals surface area contributed by atoms with E-state index in [0.29, 0.717) is 23.0 Å². The van der Waals surface area contributed by atoms with Crippen molar-refractivity contribution in [2.75, 3.05) is 31.1 Å². The van der Waals surface area contributed by atoms with Gasteiger partial charge in [-0.3, -0.25) is 14.5 Å². The summed E-state index contributed by atoms with van der Waals surface area (Å²) in [5.74, 6) is -0.322. The predicted molar refractivity (Wildman–Crippen MR) is 149 cm³/mol. The molecule has 0 spiro atoms. The van der Waals surface area contributed by atoms with Crippen LogP contribution >= 0.6 is 0 Å². The van der Waals surface area contributed by atoms with Crippen LogP contribution in [-0.4, -0.2) is 70.8 Å². The Morgan fingerprint density at radius 3 is 2.56 bits per heavy atom. The van der Waals surface area contributed by atoms with E-state index in [1.165, 1.54) is 4.52 Å². The van der Waals surface area contributed by atoms with Gasteiger partial charge in [-0.2, -0.15) is 4.98 Å². The largest absolute Gasteiger partial charge is 0.370 e. The number of carbonyl (C=O) groups excluding carboxylic acids is 1. The lowest BCUT2D eigenvalue weighted by molar-refractivity contribution is -0.120. The van der Waals surface area contributed by atoms with E-state index in [0.717, 1.165) is 37.3 Å². The maximum atomic E-state index is 13.5. The Bertz CT molecular complexity index is 1760. The average molecular weight is 552 g/mol. The summed E-state index contributed by atoms with van der Waals surface area (Å²) in [6.45, 7) is 10.8. The lowest BCUT2D eigenvalue weighted by Crippen LogP contribution is -2.48. The number of rotatable bonds is 6. The van der Waals surface area contributed by atoms with Crippen molar-refractivity contribution in [3.63, 3.8) is 0 Å². The fourth-order valence-corrected chi connectivity index (χ4v) is 6.97. The molecule has 2 aromatic heterocycles. The number of amides is 1. The average Bonchev–Trinajstić information content (AvgIpc) is 3.11. The van der Waals surface area contributed by atoms with Crippen molar-refractivity contribution in [2.24, 2.45) is 5.73 Å². The number of aromatic amines is 1. The zero-order valence-electron chi connectivity index (χ0n) is 22.6. The molecule has 4 aromatic rings. The lowest BCUT2D eigenvalue weighted by Gasteiger charge is -2.37. The Balaban J connectivity index is 1.53. The monoisotopic (exact) mass is 551 g/mol. The highest BCUT2D eigenvalue weighted by Crippen LogP contribution is 2.28. The van der Waals surface area contributed by atoms with Gasteiger partial charge in [-0.25, -0.2) is 18.1 Å². The molecule has 1 saturated heterocycles. The summed E-state index contributed by atoms with van der Waals surface area (Å²) < 4.78 is 28.5. The quantitative estimate of drug-likeness (QED) is 0.371. The molecule has 5 rings (SSSR count). The highest BCUT2D eigenvalue weighted by Gasteiger charge is 2.31. The highest BCUT2D eigenvalue weighted by molar-refractivity contribution is 7.91. The number of hydrogen-bond acceptors (Lipinski definition) is 8. The van der Waals surface area contributed by atoms with E-state index >= 15 is 0 Å². The number of sulfone groups is 1. The van der Waals surface area contributed by atoms with Crippen molar-refractivity contribution in [1.82, 2.24) is 24.7 Å². The van der Waals surface area contributed by atoms with Crippen LogP contribution in [0.25, 0.3) is 16.6 Å². The maximum Gasteiger partial charge on any atom is 0.281 e. The summed E-state index contributed by atoms with van der Waals surface area (Å²) in [5, 5.41) is 6.94. The van der Waals surface area contributed by atoms with Crippen LogP contribution < -0.4 is 16.2 Å². The molecule has 0 atom stereocenters. The van der Waals surface area contributed by atoms with E-state index in [-0.39, 0.29) is 33.4 Å². The molecule has 0 aliphatic carbocycles. The van der Waals surface area contributed by atoms with Crippen molar-refractivity contribution in [3.8, 4) is 0 Å². The first-order chi connectivity index (χ1) is 18.4. The van der Waals surface area contributed by atoms with Gasteiger partial charge in [0.25, 0.3) is 5.56 Å². The molecule has 12 heteroatoms. The number of H-pyrrole nitrogens is 1. The molecule has 206 valence electrons. The Labute approximate surface area is 226 Å². The maximum absolute atomic E-state index is 13.5. The third-order valence-electron chi connectivity index (χ3n) is 7.51. The summed E-state index contributed by atoms with van der Waals surface area (Å²) in [4.78, 5) is 33.3. The summed E-state index contributed by atoms with van der Waals surface area (Å²) in [6, 6.07) is 10.5. The minimum Gasteiger partial charge on any atom is -0.370 e. The second-order valence-electron chi connectivity index (χ2n) is 10.8. The topological polar surface area (TPSA) is 147 Å². The Morgan fingerprint density at radius 2 is 1.85 bits per heavy atom. The fraction of sp³-hybridized carbons (Fsp3) is 0.407. The molecule has 1 aliphatic heterocycles. The van der Waals surface area contributed by atoms with Crippen molar-refractivity contribution >= 4 is 38.0 Å². The van der Waals surface area contributed by atoms with Crippen LogP contribution in [0.3, 0.4) is 0 Å². The number of primary amides is 1. The Hall–Kier alpha value is -3.77. The molecular formula is C27H33N7O4S. The van der Waals surface area contributed by atoms with Gasteiger partial charge < -0.3 is 10.6 Å². The van der Waals surface area contributed by atoms with E-state index in [9.17, 15) is 18.0 Å². The normalized spacial score (nSPS) is 15.6. The van der Waals surface area contributed by atoms with Gasteiger partial charge in [0.05, 0.1) is 15.8 Å². The van der Waals surface area contributed by atoms with Crippen LogP contribution in [0.1, 0.15) is 37.8 Å². The van der Waals surface area contributed by atoms with E-state index in [1.807, 2.05) is 32.9 Å². The van der Waals surface area contributed by atoms with E-state index in [4.69, 9.17) is 5.73 Å². The molecule has 0 bridgehead atoms. The number of nitrogens with zero attached hydrogens (tertiary/aromatic N) is 5. The van der Waals surface area contributed by atoms with Gasteiger partial charge in [0, 0.05) is 43.8 Å². The zero-order chi connectivity index (χ0) is 28.1. The molecule has 11 nitrogen and oxygen atoms in total. The summed E-state index contributed by atoms with van der Waals surface area (Å²) in [7, 11) is -4.03. The van der Waals surface area contributed by atoms with Crippen LogP contribution in [0, 0.1) is 13.8 Å². The van der Waals surface area contributed by atoms with Crippen LogP contribution in [-0.2, 0) is 14.6 Å². The lowest BCUT2D eigenvalue weighted by atomic mass is 9.97. The van der Waals surface area contributed by atoms with Gasteiger partial charge in [0.15, 0.2) is 5.65 Å². The number of nitrogens with one attached hydrogen (secondary N) is 1. The van der Waals surface area contributed by atoms with Crippen LogP contribution in [0.5, 0.6) is 0 Å². The molecule has 0 saturated carbocycles. The summed E-state index contributed by atoms with van der Waals surface area (Å²) in [5.41, 5.74) is 7.49. The van der Waals surface area contributed by atoms with Gasteiger partial charge in [0.2, 0.25) is 20.8 Å². The SMILES string of the molecule is Cc1ccc(S(=O)(=O)c2n[nH]n3c2nc(=O)c2ccc(N4CCCN(C(C)(C)CC(N)=O)CC4)cc23)c(C)c1. The van der Waals surface area contributed by atoms with Crippen LogP contribution in [0.15, 0.2) is 51.1 Å².